The van der Waals surface area contributed by atoms with E-state index in [0.29, 0.717) is 27.8 Å². The first-order valence-electron chi connectivity index (χ1n) is 34.6. The number of carbonyl (C=O) groups is 9. The van der Waals surface area contributed by atoms with Crippen molar-refractivity contribution in [3.05, 3.63) is 299 Å². The zero-order valence-corrected chi connectivity index (χ0v) is 62.6. The molecule has 588 valence electrons. The fourth-order valence-corrected chi connectivity index (χ4v) is 10.5. The zero-order valence-electron chi connectivity index (χ0n) is 62.6. The number of aromatic hydroxyl groups is 4. The zero-order chi connectivity index (χ0) is 82.6. The van der Waals surface area contributed by atoms with E-state index in [0.717, 1.165) is 22.3 Å². The Hall–Kier alpha value is -14.5. The Labute approximate surface area is 651 Å². The first kappa shape index (κ1) is 87.4. The summed E-state index contributed by atoms with van der Waals surface area (Å²) in [6.45, 7) is 24.6. The normalized spacial score (nSPS) is 10.5. The molecule has 0 fully saturated rings. The van der Waals surface area contributed by atoms with Gasteiger partial charge in [-0.05, 0) is 176 Å². The molecule has 28 heteroatoms. The fraction of sp³-hybridized carbons (Fsp3) is 0.200. The minimum absolute atomic E-state index is 0.0379. The molecule has 113 heavy (non-hydrogen) atoms. The number of benzene rings is 8. The number of ether oxygens (including phenoxy) is 9. The van der Waals surface area contributed by atoms with E-state index in [2.05, 4.69) is 63.9 Å². The van der Waals surface area contributed by atoms with E-state index < -0.39 is 65.0 Å². The van der Waals surface area contributed by atoms with Crippen LogP contribution >= 0.6 is 0 Å². The van der Waals surface area contributed by atoms with Gasteiger partial charge in [0.2, 0.25) is 6.08 Å². The van der Waals surface area contributed by atoms with Gasteiger partial charge in [0, 0.05) is 27.9 Å². The van der Waals surface area contributed by atoms with Gasteiger partial charge in [-0.15, -0.1) is 0 Å². The highest BCUT2D eigenvalue weighted by molar-refractivity contribution is 5.89. The number of hydrogen-bond acceptors (Lipinski definition) is 24. The average Bonchev–Trinajstić information content (AvgIpc) is 0.741. The fourth-order valence-electron chi connectivity index (χ4n) is 10.5. The standard InChI is InChI=1S/C53H56N4O16.C25H20O4.C7H9NO3/c1-33(2)45(58)66-29-25-54-49(62)70-41-17-9-37(10-18-41)53(38-11-19-42(20-12-38)71-50(63)55-26-30-67-46(59)34(3)4,39-13-21-43(22-14-39)72-51(64)56-27-31-68-47(60)35(5)6)40-15-23-44(24-16-40)73-52(65)57-28-32-69-48(61)36(7)8;26-21-9-1-17(2-10-21)25(18-3-11-22(27)12-4-18,19-5-13-23(28)14-6-19)20-7-15-24(29)16-8-20;1-6(2)7(10)11-4-3-8-5-9/h9-24H,1,3,5,7,25-32H2,2,4,6,8H3,(H,54,62)(H,55,63)(H,56,64)(H,57,65);1-16,26-29H;1,3-4H2,2H3. The summed E-state index contributed by atoms with van der Waals surface area (Å²) in [6.07, 6.45) is -1.95. The van der Waals surface area contributed by atoms with Gasteiger partial charge in [-0.2, -0.15) is 0 Å². The summed E-state index contributed by atoms with van der Waals surface area (Å²) < 4.78 is 46.8. The Morgan fingerprint density at radius 3 is 0.637 bits per heavy atom. The number of aliphatic imine (C=N–C) groups is 1. The molecule has 28 nitrogen and oxygen atoms in total. The Bertz CT molecular complexity index is 4170. The molecule has 8 aromatic rings. The molecule has 0 aliphatic rings. The van der Waals surface area contributed by atoms with E-state index >= 15 is 0 Å². The number of amides is 4. The van der Waals surface area contributed by atoms with Crippen molar-refractivity contribution >= 4 is 60.3 Å². The van der Waals surface area contributed by atoms with Gasteiger partial charge in [0.05, 0.1) is 43.6 Å². The first-order valence-corrected chi connectivity index (χ1v) is 34.6. The number of hydrogen-bond donors (Lipinski definition) is 8. The summed E-state index contributed by atoms with van der Waals surface area (Å²) in [5.74, 6) is -1.69. The number of phenolic OH excluding ortho intramolecular Hbond substituents is 4. The number of nitrogens with zero attached hydrogens (tertiary/aromatic N) is 1. The van der Waals surface area contributed by atoms with Gasteiger partial charge in [-0.3, -0.25) is 0 Å². The van der Waals surface area contributed by atoms with Gasteiger partial charge >= 0.3 is 54.2 Å². The molecule has 0 spiro atoms. The van der Waals surface area contributed by atoms with Gasteiger partial charge < -0.3 is 84.3 Å². The minimum Gasteiger partial charge on any atom is -0.508 e. The molecule has 8 N–H and O–H groups in total. The van der Waals surface area contributed by atoms with Crippen LogP contribution in [0.4, 0.5) is 19.2 Å². The lowest BCUT2D eigenvalue weighted by Gasteiger charge is -2.37. The molecule has 0 unspecified atom stereocenters. The first-order chi connectivity index (χ1) is 54.0. The SMILES string of the molecule is C=C(C)C(=O)OCCN=C=O.C=C(C)C(=O)OCCNC(=O)Oc1ccc(C(c2ccc(OC(=O)NCCOC(=O)C(=C)C)cc2)(c2ccc(OC(=O)NCCOC(=O)C(=C)C)cc2)c2ccc(OC(=O)NCCOC(=O)C(=C)C)cc2)cc1.Oc1ccc(C(c2ccc(O)cc2)(c2ccc(O)cc2)c2ccc(O)cc2)cc1. The summed E-state index contributed by atoms with van der Waals surface area (Å²) >= 11 is 0. The van der Waals surface area contributed by atoms with Crippen molar-refractivity contribution < 1.29 is 111 Å². The number of nitrogens with one attached hydrogen (secondary N) is 4. The maximum Gasteiger partial charge on any atom is 0.412 e. The van der Waals surface area contributed by atoms with Crippen molar-refractivity contribution in [1.29, 1.82) is 0 Å². The number of rotatable bonds is 32. The smallest absolute Gasteiger partial charge is 0.412 e. The molecule has 0 saturated heterocycles. The third-order valence-corrected chi connectivity index (χ3v) is 15.9. The Morgan fingerprint density at radius 2 is 0.469 bits per heavy atom. The lowest BCUT2D eigenvalue weighted by atomic mass is 9.65. The Morgan fingerprint density at radius 1 is 0.301 bits per heavy atom. The molecule has 0 heterocycles. The maximum atomic E-state index is 12.8. The van der Waals surface area contributed by atoms with E-state index in [1.807, 2.05) is 48.5 Å². The molecule has 0 bridgehead atoms. The number of carbonyl (C=O) groups excluding carboxylic acids is 10. The molecular formula is C85H85N5O23. The molecule has 0 saturated carbocycles. The van der Waals surface area contributed by atoms with Crippen LogP contribution in [0.2, 0.25) is 0 Å². The lowest BCUT2D eigenvalue weighted by molar-refractivity contribution is -0.139. The van der Waals surface area contributed by atoms with E-state index in [1.165, 1.54) is 33.8 Å². The minimum atomic E-state index is -1.30. The van der Waals surface area contributed by atoms with Crippen LogP contribution in [0.5, 0.6) is 46.0 Å². The van der Waals surface area contributed by atoms with Crippen LogP contribution in [0.1, 0.15) is 79.1 Å². The van der Waals surface area contributed by atoms with Crippen LogP contribution in [0.25, 0.3) is 0 Å². The second kappa shape index (κ2) is 43.5. The number of phenols is 4. The van der Waals surface area contributed by atoms with Crippen molar-refractivity contribution in [3.8, 4) is 46.0 Å². The van der Waals surface area contributed by atoms with Gasteiger partial charge in [0.25, 0.3) is 0 Å². The van der Waals surface area contributed by atoms with Crippen molar-refractivity contribution in [2.24, 2.45) is 4.99 Å². The predicted octanol–water partition coefficient (Wildman–Crippen LogP) is 12.2. The second-order valence-electron chi connectivity index (χ2n) is 24.6. The Balaban J connectivity index is 0.000000401. The molecule has 8 rings (SSSR count). The quantitative estimate of drug-likeness (QED) is 0.00369. The molecule has 8 aromatic carbocycles. The molecule has 0 atom stereocenters. The summed E-state index contributed by atoms with van der Waals surface area (Å²) in [6, 6.07) is 54.0. The molecule has 4 amide bonds. The van der Waals surface area contributed by atoms with Gasteiger partial charge in [-0.25, -0.2) is 52.9 Å². The molecule has 0 aliphatic heterocycles. The van der Waals surface area contributed by atoms with Crippen LogP contribution < -0.4 is 40.2 Å². The van der Waals surface area contributed by atoms with Crippen LogP contribution in [0.3, 0.4) is 0 Å². The molecule has 0 aliphatic carbocycles. The van der Waals surface area contributed by atoms with Gasteiger partial charge in [-0.1, -0.05) is 130 Å². The Kier molecular flexibility index (Phi) is 33.6. The lowest BCUT2D eigenvalue weighted by Crippen LogP contribution is -2.32. The predicted molar refractivity (Wildman–Crippen MR) is 414 cm³/mol. The summed E-state index contributed by atoms with van der Waals surface area (Å²) in [5.41, 5.74) is 4.96. The van der Waals surface area contributed by atoms with Crippen molar-refractivity contribution in [3.63, 3.8) is 0 Å². The topological polar surface area (TPSA) is 395 Å². The molecule has 0 radical (unpaired) electrons. The van der Waals surface area contributed by atoms with E-state index in [-0.39, 0.29) is 134 Å². The van der Waals surface area contributed by atoms with E-state index in [9.17, 15) is 68.4 Å². The van der Waals surface area contributed by atoms with Gasteiger partial charge in [0.1, 0.15) is 79.0 Å². The van der Waals surface area contributed by atoms with Crippen molar-refractivity contribution in [2.75, 3.05) is 65.8 Å². The van der Waals surface area contributed by atoms with Crippen LogP contribution in [0, 0.1) is 0 Å². The second-order valence-corrected chi connectivity index (χ2v) is 24.6. The summed E-state index contributed by atoms with van der Waals surface area (Å²) in [5, 5.41) is 49.4. The van der Waals surface area contributed by atoms with E-state index in [1.54, 1.807) is 153 Å². The van der Waals surface area contributed by atoms with Crippen molar-refractivity contribution in [1.82, 2.24) is 21.3 Å². The summed E-state index contributed by atoms with van der Waals surface area (Å²) in [4.78, 5) is 121. The van der Waals surface area contributed by atoms with Crippen LogP contribution in [-0.2, 0) is 63.3 Å². The highest BCUT2D eigenvalue weighted by Crippen LogP contribution is 2.48. The molecular weight excluding hydrogens is 1460 g/mol. The van der Waals surface area contributed by atoms with Gasteiger partial charge in [0.15, 0.2) is 0 Å². The molecule has 0 aromatic heterocycles. The number of esters is 5. The number of isocyanates is 1. The van der Waals surface area contributed by atoms with E-state index in [4.69, 9.17) is 37.9 Å². The largest absolute Gasteiger partial charge is 0.508 e. The highest BCUT2D eigenvalue weighted by atomic mass is 16.6. The van der Waals surface area contributed by atoms with Crippen LogP contribution in [0.15, 0.2) is 260 Å². The van der Waals surface area contributed by atoms with Crippen molar-refractivity contribution in [2.45, 2.75) is 45.4 Å². The maximum absolute atomic E-state index is 12.8. The third kappa shape index (κ3) is 26.4. The monoisotopic (exact) mass is 1540 g/mol. The average molecular weight is 1540 g/mol. The third-order valence-electron chi connectivity index (χ3n) is 15.9. The summed E-state index contributed by atoms with van der Waals surface area (Å²) in [7, 11) is 0. The highest BCUT2D eigenvalue weighted by Gasteiger charge is 2.41. The van der Waals surface area contributed by atoms with Crippen LogP contribution in [-0.4, -0.2) is 146 Å².